The molecule has 0 aromatic heterocycles. The molecule has 18 heavy (non-hydrogen) atoms. The number of nitrogens with zero attached hydrogens (tertiary/aromatic N) is 1. The summed E-state index contributed by atoms with van der Waals surface area (Å²) in [5.74, 6) is 0.810. The van der Waals surface area contributed by atoms with E-state index in [1.807, 2.05) is 0 Å². The van der Waals surface area contributed by atoms with E-state index in [4.69, 9.17) is 0 Å². The number of hydrogen-bond acceptors (Lipinski definition) is 2. The van der Waals surface area contributed by atoms with Gasteiger partial charge < -0.3 is 10.2 Å². The smallest absolute Gasteiger partial charge is 0.0105 e. The fourth-order valence-corrected chi connectivity index (χ4v) is 3.74. The van der Waals surface area contributed by atoms with Crippen molar-refractivity contribution in [1.29, 1.82) is 0 Å². The van der Waals surface area contributed by atoms with Crippen molar-refractivity contribution >= 4 is 0 Å². The van der Waals surface area contributed by atoms with Crippen LogP contribution >= 0.6 is 0 Å². The van der Waals surface area contributed by atoms with E-state index in [1.165, 1.54) is 38.6 Å². The van der Waals surface area contributed by atoms with Gasteiger partial charge in [0.15, 0.2) is 0 Å². The predicted molar refractivity (Wildman–Crippen MR) is 81.0 cm³/mol. The number of rotatable bonds is 6. The second-order valence-electron chi connectivity index (χ2n) is 6.97. The fraction of sp³-hybridized carbons (Fsp3) is 1.00. The molecule has 1 N–H and O–H groups in total. The molecule has 1 aliphatic rings. The average Bonchev–Trinajstić information content (AvgIpc) is 2.30. The normalized spacial score (nSPS) is 28.0. The average molecular weight is 254 g/mol. The van der Waals surface area contributed by atoms with E-state index in [0.29, 0.717) is 5.41 Å². The first-order valence-corrected chi connectivity index (χ1v) is 7.81. The van der Waals surface area contributed by atoms with Gasteiger partial charge in [0.2, 0.25) is 0 Å². The Bertz CT molecular complexity index is 233. The third-order valence-electron chi connectivity index (χ3n) is 4.98. The van der Waals surface area contributed by atoms with Gasteiger partial charge in [-0.15, -0.1) is 0 Å². The monoisotopic (exact) mass is 254 g/mol. The fourth-order valence-electron chi connectivity index (χ4n) is 3.74. The first-order valence-electron chi connectivity index (χ1n) is 7.81. The maximum Gasteiger partial charge on any atom is 0.0105 e. The highest BCUT2D eigenvalue weighted by atomic mass is 15.1. The lowest BCUT2D eigenvalue weighted by atomic mass is 9.69. The largest absolute Gasteiger partial charge is 0.317 e. The lowest BCUT2D eigenvalue weighted by molar-refractivity contribution is 0.0947. The van der Waals surface area contributed by atoms with Crippen LogP contribution in [0.1, 0.15) is 59.8 Å². The molecule has 2 unspecified atom stereocenters. The summed E-state index contributed by atoms with van der Waals surface area (Å²) < 4.78 is 0. The number of nitrogens with one attached hydrogen (secondary N) is 1. The van der Waals surface area contributed by atoms with E-state index in [9.17, 15) is 0 Å². The van der Waals surface area contributed by atoms with Crippen LogP contribution in [0.25, 0.3) is 0 Å². The SMILES string of the molecule is CCC(CC)N(C)CC1CC(C)(C)CCC1NC. The lowest BCUT2D eigenvalue weighted by Crippen LogP contribution is -2.47. The minimum Gasteiger partial charge on any atom is -0.317 e. The molecule has 0 bridgehead atoms. The van der Waals surface area contributed by atoms with E-state index >= 15 is 0 Å². The van der Waals surface area contributed by atoms with Crippen molar-refractivity contribution in [2.75, 3.05) is 20.6 Å². The Hall–Kier alpha value is -0.0800. The van der Waals surface area contributed by atoms with Gasteiger partial charge in [-0.05, 0) is 57.5 Å². The molecule has 1 fully saturated rings. The van der Waals surface area contributed by atoms with E-state index in [-0.39, 0.29) is 0 Å². The third-order valence-corrected chi connectivity index (χ3v) is 4.98. The maximum atomic E-state index is 3.55. The summed E-state index contributed by atoms with van der Waals surface area (Å²) in [4.78, 5) is 2.59. The zero-order valence-electron chi connectivity index (χ0n) is 13.4. The highest BCUT2D eigenvalue weighted by Crippen LogP contribution is 2.39. The minimum atomic E-state index is 0.535. The summed E-state index contributed by atoms with van der Waals surface area (Å²) in [5.41, 5.74) is 0.535. The second kappa shape index (κ2) is 6.91. The minimum absolute atomic E-state index is 0.535. The zero-order valence-corrected chi connectivity index (χ0v) is 13.4. The summed E-state index contributed by atoms with van der Waals surface area (Å²) >= 11 is 0. The molecular weight excluding hydrogens is 220 g/mol. The third kappa shape index (κ3) is 4.24. The molecule has 1 saturated carbocycles. The van der Waals surface area contributed by atoms with Gasteiger partial charge in [0.1, 0.15) is 0 Å². The van der Waals surface area contributed by atoms with Gasteiger partial charge in [0, 0.05) is 18.6 Å². The topological polar surface area (TPSA) is 15.3 Å². The Labute approximate surface area is 115 Å². The van der Waals surface area contributed by atoms with Crippen molar-refractivity contribution in [1.82, 2.24) is 10.2 Å². The van der Waals surface area contributed by atoms with Crippen LogP contribution in [0.15, 0.2) is 0 Å². The lowest BCUT2D eigenvalue weighted by Gasteiger charge is -2.43. The van der Waals surface area contributed by atoms with Gasteiger partial charge in [-0.2, -0.15) is 0 Å². The van der Waals surface area contributed by atoms with E-state index in [0.717, 1.165) is 18.0 Å². The zero-order chi connectivity index (χ0) is 13.8. The Morgan fingerprint density at radius 3 is 2.39 bits per heavy atom. The van der Waals surface area contributed by atoms with Gasteiger partial charge in [-0.3, -0.25) is 0 Å². The van der Waals surface area contributed by atoms with Crippen molar-refractivity contribution < 1.29 is 0 Å². The summed E-state index contributed by atoms with van der Waals surface area (Å²) in [6, 6.07) is 1.47. The van der Waals surface area contributed by atoms with Gasteiger partial charge in [-0.1, -0.05) is 27.7 Å². The van der Waals surface area contributed by atoms with Crippen LogP contribution in [0.4, 0.5) is 0 Å². The second-order valence-corrected chi connectivity index (χ2v) is 6.97. The Morgan fingerprint density at radius 2 is 1.89 bits per heavy atom. The van der Waals surface area contributed by atoms with Crippen molar-refractivity contribution in [3.8, 4) is 0 Å². The molecular formula is C16H34N2. The summed E-state index contributed by atoms with van der Waals surface area (Å²) in [6.07, 6.45) is 6.61. The summed E-state index contributed by atoms with van der Waals surface area (Å²) in [5, 5.41) is 3.55. The summed E-state index contributed by atoms with van der Waals surface area (Å²) in [7, 11) is 4.44. The molecule has 0 saturated heterocycles. The highest BCUT2D eigenvalue weighted by molar-refractivity contribution is 4.90. The molecule has 0 amide bonds. The molecule has 0 radical (unpaired) electrons. The van der Waals surface area contributed by atoms with E-state index < -0.39 is 0 Å². The standard InChI is InChI=1S/C16H34N2/c1-7-14(8-2)18(6)12-13-11-16(3,4)10-9-15(13)17-5/h13-15,17H,7-12H2,1-6H3. The number of hydrogen-bond donors (Lipinski definition) is 1. The van der Waals surface area contributed by atoms with Crippen LogP contribution in [-0.4, -0.2) is 37.6 Å². The van der Waals surface area contributed by atoms with Crippen molar-refractivity contribution in [2.45, 2.75) is 71.9 Å². The highest BCUT2D eigenvalue weighted by Gasteiger charge is 2.34. The first-order chi connectivity index (χ1) is 8.43. The van der Waals surface area contributed by atoms with Crippen molar-refractivity contribution in [3.63, 3.8) is 0 Å². The van der Waals surface area contributed by atoms with E-state index in [1.54, 1.807) is 0 Å². The molecule has 0 aromatic carbocycles. The van der Waals surface area contributed by atoms with Crippen molar-refractivity contribution in [2.24, 2.45) is 11.3 Å². The molecule has 0 aromatic rings. The molecule has 0 spiro atoms. The van der Waals surface area contributed by atoms with Crippen LogP contribution in [0, 0.1) is 11.3 Å². The van der Waals surface area contributed by atoms with Gasteiger partial charge in [0.25, 0.3) is 0 Å². The Balaban J connectivity index is 2.60. The van der Waals surface area contributed by atoms with Gasteiger partial charge in [-0.25, -0.2) is 0 Å². The van der Waals surface area contributed by atoms with E-state index in [2.05, 4.69) is 52.0 Å². The molecule has 108 valence electrons. The van der Waals surface area contributed by atoms with Crippen LogP contribution in [-0.2, 0) is 0 Å². The molecule has 0 heterocycles. The molecule has 0 aliphatic heterocycles. The summed E-state index contributed by atoms with van der Waals surface area (Å²) in [6.45, 7) is 10.7. The Morgan fingerprint density at radius 1 is 1.28 bits per heavy atom. The van der Waals surface area contributed by atoms with Crippen LogP contribution < -0.4 is 5.32 Å². The first kappa shape index (κ1) is 16.0. The molecule has 2 atom stereocenters. The van der Waals surface area contributed by atoms with Crippen LogP contribution in [0.3, 0.4) is 0 Å². The molecule has 2 nitrogen and oxygen atoms in total. The van der Waals surface area contributed by atoms with Crippen molar-refractivity contribution in [3.05, 3.63) is 0 Å². The Kier molecular flexibility index (Phi) is 6.13. The molecule has 1 rings (SSSR count). The molecule has 2 heteroatoms. The predicted octanol–water partition coefficient (Wildman–Crippen LogP) is 3.52. The quantitative estimate of drug-likeness (QED) is 0.780. The molecule has 1 aliphatic carbocycles. The van der Waals surface area contributed by atoms with Crippen LogP contribution in [0.5, 0.6) is 0 Å². The maximum absolute atomic E-state index is 3.55. The van der Waals surface area contributed by atoms with Gasteiger partial charge >= 0.3 is 0 Å². The van der Waals surface area contributed by atoms with Gasteiger partial charge in [0.05, 0.1) is 0 Å². The van der Waals surface area contributed by atoms with Crippen LogP contribution in [0.2, 0.25) is 0 Å².